The van der Waals surface area contributed by atoms with Crippen molar-refractivity contribution in [3.8, 4) is 0 Å². The summed E-state index contributed by atoms with van der Waals surface area (Å²) in [5.74, 6) is 0.487. The molecule has 0 radical (unpaired) electrons. The van der Waals surface area contributed by atoms with E-state index in [0.29, 0.717) is 12.5 Å². The van der Waals surface area contributed by atoms with Gasteiger partial charge in [-0.15, -0.1) is 0 Å². The molecule has 0 aromatic heterocycles. The highest BCUT2D eigenvalue weighted by atomic mass is 16.2. The first-order valence-corrected chi connectivity index (χ1v) is 4.15. The van der Waals surface area contributed by atoms with E-state index in [0.717, 1.165) is 11.1 Å². The zero-order valence-electron chi connectivity index (χ0n) is 7.00. The molecular weight excluding hydrogens is 150 g/mol. The third-order valence-electron chi connectivity index (χ3n) is 2.17. The van der Waals surface area contributed by atoms with Gasteiger partial charge < -0.3 is 5.32 Å². The fourth-order valence-corrected chi connectivity index (χ4v) is 1.54. The fraction of sp³-hybridized carbons (Fsp3) is 0.300. The van der Waals surface area contributed by atoms with E-state index in [1.807, 2.05) is 12.2 Å². The van der Waals surface area contributed by atoms with Crippen LogP contribution in [0, 0.1) is 5.92 Å². The molecule has 1 aliphatic carbocycles. The van der Waals surface area contributed by atoms with Crippen molar-refractivity contribution in [1.82, 2.24) is 5.32 Å². The molecule has 1 aliphatic heterocycles. The molecule has 2 aliphatic rings. The topological polar surface area (TPSA) is 29.1 Å². The monoisotopic (exact) mass is 161 g/mol. The number of allylic oxidation sites excluding steroid dienone is 4. The van der Waals surface area contributed by atoms with Crippen LogP contribution in [0.15, 0.2) is 35.5 Å². The lowest BCUT2D eigenvalue weighted by molar-refractivity contribution is -0.116. The summed E-state index contributed by atoms with van der Waals surface area (Å²) in [7, 11) is 0. The summed E-state index contributed by atoms with van der Waals surface area (Å²) in [5.41, 5.74) is 1.97. The third kappa shape index (κ3) is 1.09. The molecule has 0 aromatic rings. The standard InChI is InChI=1S/C10H11NO/c1-7-3-2-4-9-8(5-7)6-11-10(9)12/h2-5,7H,6H2,1H3,(H,11,12). The van der Waals surface area contributed by atoms with E-state index >= 15 is 0 Å². The van der Waals surface area contributed by atoms with Gasteiger partial charge in [0.25, 0.3) is 5.91 Å². The number of carbonyl (C=O) groups excluding carboxylic acids is 1. The van der Waals surface area contributed by atoms with E-state index in [1.165, 1.54) is 0 Å². The zero-order valence-corrected chi connectivity index (χ0v) is 7.00. The first-order chi connectivity index (χ1) is 5.77. The van der Waals surface area contributed by atoms with Crippen LogP contribution in [0.25, 0.3) is 0 Å². The van der Waals surface area contributed by atoms with Crippen molar-refractivity contribution in [3.05, 3.63) is 35.5 Å². The lowest BCUT2D eigenvalue weighted by Crippen LogP contribution is -2.14. The maximum atomic E-state index is 11.2. The molecule has 1 heterocycles. The summed E-state index contributed by atoms with van der Waals surface area (Å²) < 4.78 is 0. The second-order valence-corrected chi connectivity index (χ2v) is 3.20. The maximum Gasteiger partial charge on any atom is 0.251 e. The van der Waals surface area contributed by atoms with Crippen LogP contribution in [0.2, 0.25) is 0 Å². The summed E-state index contributed by atoms with van der Waals surface area (Å²) in [6.07, 6.45) is 8.06. The molecular formula is C10H11NO. The van der Waals surface area contributed by atoms with Gasteiger partial charge in [0.05, 0.1) is 0 Å². The van der Waals surface area contributed by atoms with Crippen molar-refractivity contribution in [2.45, 2.75) is 6.92 Å². The van der Waals surface area contributed by atoms with E-state index in [-0.39, 0.29) is 5.91 Å². The van der Waals surface area contributed by atoms with E-state index in [1.54, 1.807) is 0 Å². The Morgan fingerprint density at radius 1 is 1.58 bits per heavy atom. The second-order valence-electron chi connectivity index (χ2n) is 3.20. The number of fused-ring (bicyclic) bond motifs is 1. The summed E-state index contributed by atoms with van der Waals surface area (Å²) in [6, 6.07) is 0. The van der Waals surface area contributed by atoms with Gasteiger partial charge in [0, 0.05) is 12.1 Å². The zero-order chi connectivity index (χ0) is 8.55. The van der Waals surface area contributed by atoms with Crippen LogP contribution in [-0.4, -0.2) is 12.5 Å². The lowest BCUT2D eigenvalue weighted by Gasteiger charge is -1.97. The average molecular weight is 161 g/mol. The fourth-order valence-electron chi connectivity index (χ4n) is 1.54. The first-order valence-electron chi connectivity index (χ1n) is 4.15. The molecule has 1 N–H and O–H groups in total. The molecule has 1 atom stereocenters. The normalized spacial score (nSPS) is 27.1. The van der Waals surface area contributed by atoms with E-state index in [4.69, 9.17) is 0 Å². The van der Waals surface area contributed by atoms with Gasteiger partial charge in [0.1, 0.15) is 0 Å². The molecule has 2 heteroatoms. The average Bonchev–Trinajstić information content (AvgIpc) is 2.31. The lowest BCUT2D eigenvalue weighted by atomic mass is 10.1. The van der Waals surface area contributed by atoms with Crippen LogP contribution in [0.5, 0.6) is 0 Å². The molecule has 0 saturated carbocycles. The van der Waals surface area contributed by atoms with Gasteiger partial charge in [-0.1, -0.05) is 25.2 Å². The van der Waals surface area contributed by atoms with Crippen LogP contribution in [0.3, 0.4) is 0 Å². The molecule has 1 saturated heterocycles. The SMILES string of the molecule is CC1C=CC=C2C(=O)NCC2=C1. The van der Waals surface area contributed by atoms with Gasteiger partial charge >= 0.3 is 0 Å². The smallest absolute Gasteiger partial charge is 0.251 e. The molecule has 2 rings (SSSR count). The quantitative estimate of drug-likeness (QED) is 0.567. The van der Waals surface area contributed by atoms with Crippen LogP contribution in [0.1, 0.15) is 6.92 Å². The van der Waals surface area contributed by atoms with E-state index < -0.39 is 0 Å². The molecule has 1 unspecified atom stereocenters. The second kappa shape index (κ2) is 2.63. The molecule has 1 fully saturated rings. The van der Waals surface area contributed by atoms with Crippen molar-refractivity contribution in [3.63, 3.8) is 0 Å². The Morgan fingerprint density at radius 3 is 3.25 bits per heavy atom. The van der Waals surface area contributed by atoms with Gasteiger partial charge in [0.15, 0.2) is 0 Å². The molecule has 62 valence electrons. The van der Waals surface area contributed by atoms with Crippen LogP contribution in [0.4, 0.5) is 0 Å². The van der Waals surface area contributed by atoms with Crippen molar-refractivity contribution in [2.24, 2.45) is 5.92 Å². The Hall–Kier alpha value is -1.31. The van der Waals surface area contributed by atoms with E-state index in [9.17, 15) is 4.79 Å². The highest BCUT2D eigenvalue weighted by molar-refractivity contribution is 6.01. The third-order valence-corrected chi connectivity index (χ3v) is 2.17. The Kier molecular flexibility index (Phi) is 1.61. The maximum absolute atomic E-state index is 11.2. The molecule has 2 nitrogen and oxygen atoms in total. The van der Waals surface area contributed by atoms with Crippen molar-refractivity contribution >= 4 is 5.91 Å². The van der Waals surface area contributed by atoms with Gasteiger partial charge in [-0.2, -0.15) is 0 Å². The molecule has 0 aromatic carbocycles. The summed E-state index contributed by atoms with van der Waals surface area (Å²) in [5, 5.41) is 2.80. The van der Waals surface area contributed by atoms with Crippen molar-refractivity contribution < 1.29 is 4.79 Å². The molecule has 0 spiro atoms. The Balaban J connectivity index is 2.42. The number of carbonyl (C=O) groups is 1. The van der Waals surface area contributed by atoms with Gasteiger partial charge in [-0.05, 0) is 17.6 Å². The highest BCUT2D eigenvalue weighted by Gasteiger charge is 2.22. The van der Waals surface area contributed by atoms with Crippen molar-refractivity contribution in [2.75, 3.05) is 6.54 Å². The van der Waals surface area contributed by atoms with Crippen LogP contribution < -0.4 is 5.32 Å². The van der Waals surface area contributed by atoms with Crippen molar-refractivity contribution in [1.29, 1.82) is 0 Å². The minimum atomic E-state index is 0.0556. The Morgan fingerprint density at radius 2 is 2.42 bits per heavy atom. The number of nitrogens with one attached hydrogen (secondary N) is 1. The number of amides is 1. The minimum absolute atomic E-state index is 0.0556. The summed E-state index contributed by atoms with van der Waals surface area (Å²) >= 11 is 0. The Labute approximate surface area is 71.7 Å². The predicted octanol–water partition coefficient (Wildman–Crippen LogP) is 1.17. The summed E-state index contributed by atoms with van der Waals surface area (Å²) in [6.45, 7) is 2.81. The molecule has 12 heavy (non-hydrogen) atoms. The van der Waals surface area contributed by atoms with E-state index in [2.05, 4.69) is 24.4 Å². The number of hydrogen-bond acceptors (Lipinski definition) is 1. The van der Waals surface area contributed by atoms with Gasteiger partial charge in [-0.25, -0.2) is 0 Å². The van der Waals surface area contributed by atoms with Gasteiger partial charge in [-0.3, -0.25) is 4.79 Å². The first kappa shape index (κ1) is 7.35. The highest BCUT2D eigenvalue weighted by Crippen LogP contribution is 2.21. The summed E-state index contributed by atoms with van der Waals surface area (Å²) in [4.78, 5) is 11.2. The predicted molar refractivity (Wildman–Crippen MR) is 47.5 cm³/mol. The molecule has 0 bridgehead atoms. The number of hydrogen-bond donors (Lipinski definition) is 1. The van der Waals surface area contributed by atoms with Gasteiger partial charge in [0.2, 0.25) is 0 Å². The van der Waals surface area contributed by atoms with Crippen LogP contribution in [-0.2, 0) is 4.79 Å². The Bertz CT molecular complexity index is 310. The molecule has 1 amide bonds. The number of rotatable bonds is 0. The largest absolute Gasteiger partial charge is 0.348 e. The van der Waals surface area contributed by atoms with Crippen LogP contribution >= 0.6 is 0 Å². The minimum Gasteiger partial charge on any atom is -0.348 e.